The predicted octanol–water partition coefficient (Wildman–Crippen LogP) is 10.8. The lowest BCUT2D eigenvalue weighted by molar-refractivity contribution is 0.0264. The number of carbonyl (C=O) groups is 3. The number of fused-ring (bicyclic) bond motifs is 4. The van der Waals surface area contributed by atoms with Crippen LogP contribution in [-0.2, 0) is 29.3 Å². The second-order valence-electron chi connectivity index (χ2n) is 16.3. The number of ketones is 2. The maximum absolute atomic E-state index is 12.9. The molecule has 6 aromatic rings. The van der Waals surface area contributed by atoms with E-state index in [2.05, 4.69) is 13.0 Å². The van der Waals surface area contributed by atoms with Crippen LogP contribution in [0.4, 0.5) is 0 Å². The first-order valence-electron chi connectivity index (χ1n) is 21.7. The summed E-state index contributed by atoms with van der Waals surface area (Å²) in [5, 5.41) is 42.4. The largest absolute Gasteiger partial charge is 0.507 e. The van der Waals surface area contributed by atoms with Crippen LogP contribution in [0.3, 0.4) is 0 Å². The van der Waals surface area contributed by atoms with E-state index in [1.165, 1.54) is 0 Å². The Bertz CT molecular complexity index is 2770. The minimum Gasteiger partial charge on any atom is -0.507 e. The summed E-state index contributed by atoms with van der Waals surface area (Å²) in [7, 11) is 4.25. The number of carbonyl (C=O) groups excluding carboxylic acids is 3. The van der Waals surface area contributed by atoms with Gasteiger partial charge in [-0.15, -0.1) is 0 Å². The molecular weight excluding hydrogens is 825 g/mol. The van der Waals surface area contributed by atoms with E-state index >= 15 is 0 Å². The molecule has 2 aliphatic carbocycles. The van der Waals surface area contributed by atoms with Gasteiger partial charge >= 0.3 is 0 Å². The van der Waals surface area contributed by atoms with Crippen LogP contribution < -0.4 is 9.47 Å². The van der Waals surface area contributed by atoms with Gasteiger partial charge in [0.15, 0.2) is 17.9 Å². The van der Waals surface area contributed by atoms with Gasteiger partial charge in [-0.05, 0) is 139 Å². The van der Waals surface area contributed by atoms with E-state index in [0.717, 1.165) is 74.6 Å². The molecule has 65 heavy (non-hydrogen) atoms. The molecule has 2 atom stereocenters. The van der Waals surface area contributed by atoms with E-state index in [1.54, 1.807) is 27.2 Å². The number of aromatic hydroxyl groups is 2. The third-order valence-corrected chi connectivity index (χ3v) is 12.5. The fraction of sp³-hybridized carbons (Fsp3) is 0.315. The quantitative estimate of drug-likeness (QED) is 0.0914. The zero-order valence-electron chi connectivity index (χ0n) is 38.3. The highest BCUT2D eigenvalue weighted by Gasteiger charge is 2.35. The van der Waals surface area contributed by atoms with Crippen molar-refractivity contribution in [2.45, 2.75) is 92.3 Å². The van der Waals surface area contributed by atoms with Crippen molar-refractivity contribution in [2.24, 2.45) is 0 Å². The average molecular weight is 883 g/mol. The molecule has 4 N–H and O–H groups in total. The van der Waals surface area contributed by atoms with Crippen LogP contribution in [0.15, 0.2) is 72.8 Å². The highest BCUT2D eigenvalue weighted by Crippen LogP contribution is 2.47. The molecule has 0 spiro atoms. The molecule has 0 bridgehead atoms. The molecule has 340 valence electrons. The summed E-state index contributed by atoms with van der Waals surface area (Å²) in [4.78, 5) is 37.2. The van der Waals surface area contributed by atoms with E-state index in [-0.39, 0.29) is 47.8 Å². The number of rotatable bonds is 11. The summed E-state index contributed by atoms with van der Waals surface area (Å²) in [5.41, 5.74) is 9.51. The van der Waals surface area contributed by atoms with Gasteiger partial charge in [0.2, 0.25) is 0 Å². The molecule has 0 saturated carbocycles. The number of aliphatic hydroxyl groups is 2. The van der Waals surface area contributed by atoms with E-state index in [4.69, 9.17) is 24.1 Å². The van der Waals surface area contributed by atoms with Crippen LogP contribution in [0.1, 0.15) is 132 Å². The number of aryl methyl sites for hydroxylation is 4. The normalized spacial score (nSPS) is 15.5. The molecule has 2 aliphatic rings. The van der Waals surface area contributed by atoms with Crippen LogP contribution >= 0.6 is 0 Å². The SMILES string of the molecule is C/C=C/c1c(C)cc2cc3c(c(O)c2c1C)C(=O)CC[C@@H]3OCc1ccc(OC)cc1.CO.COc1ccc(CO[C@H]2CCC(=O)c3c2c(CO)c2cc(C)c(C=O)c(C)c2c3O)cc1. The van der Waals surface area contributed by atoms with Gasteiger partial charge in [-0.25, -0.2) is 0 Å². The first kappa shape index (κ1) is 48.1. The van der Waals surface area contributed by atoms with Crippen molar-refractivity contribution in [1.82, 2.24) is 0 Å². The maximum atomic E-state index is 12.9. The standard InChI is InChI=1S/C27H28O4.C26H26O6.CH4O/c1-5-6-21-16(2)13-19-14-22-24(31-15-18-7-9-20(30-4)10-8-18)12-11-23(28)26(22)27(29)25(19)17(21)3;1-14-10-18-20(12-28)24-22(32-13-16-4-6-17(31-3)7-5-16)9-8-21(29)25(24)26(30)23(18)15(2)19(14)11-27;1-2/h5-10,13-14,24,29H,11-12,15H2,1-4H3;4-7,10-11,22,28,30H,8-9,12-13H2,1-3H3;2H,1H3/b6-5+;;/t24-;22-;/m00./s1. The Labute approximate surface area is 379 Å². The number of phenolic OH excluding ortho intramolecular Hbond substituents is 2. The number of ether oxygens (including phenoxy) is 4. The summed E-state index contributed by atoms with van der Waals surface area (Å²) < 4.78 is 22.8. The van der Waals surface area contributed by atoms with Crippen LogP contribution in [0.2, 0.25) is 0 Å². The zero-order chi connectivity index (χ0) is 47.1. The molecule has 0 fully saturated rings. The number of aldehydes is 1. The van der Waals surface area contributed by atoms with Crippen molar-refractivity contribution in [3.8, 4) is 23.0 Å². The van der Waals surface area contributed by atoms with E-state index < -0.39 is 6.10 Å². The van der Waals surface area contributed by atoms with Crippen molar-refractivity contribution >= 4 is 45.5 Å². The summed E-state index contributed by atoms with van der Waals surface area (Å²) >= 11 is 0. The molecule has 0 unspecified atom stereocenters. The Morgan fingerprint density at radius 3 is 1.72 bits per heavy atom. The molecular formula is C54H58O11. The number of Topliss-reactive ketones (excluding diaryl/α,β-unsaturated/α-hetero) is 2. The Hall–Kier alpha value is -6.37. The van der Waals surface area contributed by atoms with Gasteiger partial charge in [-0.2, -0.15) is 0 Å². The summed E-state index contributed by atoms with van der Waals surface area (Å²) in [5.74, 6) is 1.28. The Kier molecular flexibility index (Phi) is 15.6. The molecule has 0 aliphatic heterocycles. The fourth-order valence-corrected chi connectivity index (χ4v) is 9.26. The minimum absolute atomic E-state index is 0.0220. The van der Waals surface area contributed by atoms with Crippen LogP contribution in [-0.4, -0.2) is 59.6 Å². The second-order valence-corrected chi connectivity index (χ2v) is 16.3. The predicted molar refractivity (Wildman–Crippen MR) is 253 cm³/mol. The van der Waals surface area contributed by atoms with Crippen molar-refractivity contribution in [2.75, 3.05) is 21.3 Å². The van der Waals surface area contributed by atoms with Crippen LogP contribution in [0.5, 0.6) is 23.0 Å². The highest BCUT2D eigenvalue weighted by atomic mass is 16.5. The Morgan fingerprint density at radius 1 is 0.677 bits per heavy atom. The lowest BCUT2D eigenvalue weighted by Crippen LogP contribution is -2.21. The highest BCUT2D eigenvalue weighted by molar-refractivity contribution is 6.11. The molecule has 6 aromatic carbocycles. The molecule has 0 aromatic heterocycles. The van der Waals surface area contributed by atoms with Crippen LogP contribution in [0, 0.1) is 27.7 Å². The van der Waals surface area contributed by atoms with Crippen molar-refractivity contribution < 1.29 is 53.8 Å². The second kappa shape index (κ2) is 21.1. The maximum Gasteiger partial charge on any atom is 0.167 e. The first-order valence-corrected chi connectivity index (χ1v) is 21.7. The zero-order valence-corrected chi connectivity index (χ0v) is 38.3. The molecule has 0 heterocycles. The monoisotopic (exact) mass is 882 g/mol. The number of allylic oxidation sites excluding steroid dienone is 1. The number of hydrogen-bond acceptors (Lipinski definition) is 11. The van der Waals surface area contributed by atoms with E-state index in [9.17, 15) is 29.7 Å². The lowest BCUT2D eigenvalue weighted by atomic mass is 9.80. The van der Waals surface area contributed by atoms with Crippen LogP contribution in [0.25, 0.3) is 27.6 Å². The van der Waals surface area contributed by atoms with Gasteiger partial charge in [0.05, 0.1) is 57.4 Å². The molecule has 11 heteroatoms. The molecule has 0 amide bonds. The Balaban J connectivity index is 0.000000208. The van der Waals surface area contributed by atoms with Gasteiger partial charge in [0, 0.05) is 41.9 Å². The third kappa shape index (κ3) is 9.55. The van der Waals surface area contributed by atoms with Gasteiger partial charge in [0.25, 0.3) is 0 Å². The smallest absolute Gasteiger partial charge is 0.167 e. The molecule has 0 saturated heterocycles. The van der Waals surface area contributed by atoms with Crippen molar-refractivity contribution in [3.63, 3.8) is 0 Å². The lowest BCUT2D eigenvalue weighted by Gasteiger charge is -2.30. The summed E-state index contributed by atoms with van der Waals surface area (Å²) in [6, 6.07) is 21.2. The molecule has 11 nitrogen and oxygen atoms in total. The molecule has 8 rings (SSSR count). The third-order valence-electron chi connectivity index (χ3n) is 12.5. The van der Waals surface area contributed by atoms with Gasteiger partial charge < -0.3 is 39.4 Å². The van der Waals surface area contributed by atoms with E-state index in [0.29, 0.717) is 71.1 Å². The van der Waals surface area contributed by atoms with Crippen molar-refractivity contribution in [3.05, 3.63) is 145 Å². The number of aliphatic hydroxyl groups excluding tert-OH is 2. The topological polar surface area (TPSA) is 169 Å². The van der Waals surface area contributed by atoms with Gasteiger partial charge in [0.1, 0.15) is 23.0 Å². The summed E-state index contributed by atoms with van der Waals surface area (Å²) in [6.07, 6.45) is 5.78. The first-order chi connectivity index (χ1) is 31.3. The fourth-order valence-electron chi connectivity index (χ4n) is 9.26. The Morgan fingerprint density at radius 2 is 1.18 bits per heavy atom. The number of benzene rings is 6. The molecule has 0 radical (unpaired) electrons. The summed E-state index contributed by atoms with van der Waals surface area (Å²) in [6.45, 7) is 10.0. The average Bonchev–Trinajstić information content (AvgIpc) is 3.31. The number of phenols is 2. The van der Waals surface area contributed by atoms with E-state index in [1.807, 2.05) is 87.5 Å². The van der Waals surface area contributed by atoms with Gasteiger partial charge in [-0.3, -0.25) is 14.4 Å². The number of hydrogen-bond donors (Lipinski definition) is 4. The number of methoxy groups -OCH3 is 2. The minimum atomic E-state index is -0.450. The van der Waals surface area contributed by atoms with Crippen molar-refractivity contribution in [1.29, 1.82) is 0 Å². The van der Waals surface area contributed by atoms with Gasteiger partial charge in [-0.1, -0.05) is 48.6 Å².